The van der Waals surface area contributed by atoms with Crippen molar-refractivity contribution in [3.05, 3.63) is 0 Å². The van der Waals surface area contributed by atoms with Crippen molar-refractivity contribution in [1.29, 1.82) is 0 Å². The second-order valence-corrected chi connectivity index (χ2v) is 4.94. The van der Waals surface area contributed by atoms with Crippen LogP contribution >= 0.6 is 0 Å². The van der Waals surface area contributed by atoms with Gasteiger partial charge in [-0.25, -0.2) is 0 Å². The Morgan fingerprint density at radius 1 is 1.59 bits per heavy atom. The first-order valence-corrected chi connectivity index (χ1v) is 6.18. The number of carbonyl (C=O) groups excluding carboxylic acids is 1. The molecule has 0 radical (unpaired) electrons. The van der Waals surface area contributed by atoms with E-state index in [0.717, 1.165) is 13.1 Å². The van der Waals surface area contributed by atoms with Crippen molar-refractivity contribution >= 4 is 5.97 Å². The molecule has 1 fully saturated rings. The molecule has 1 unspecified atom stereocenters. The quantitative estimate of drug-likeness (QED) is 0.703. The van der Waals surface area contributed by atoms with E-state index in [-0.39, 0.29) is 17.6 Å². The summed E-state index contributed by atoms with van der Waals surface area (Å²) < 4.78 is 10.7. The van der Waals surface area contributed by atoms with Gasteiger partial charge >= 0.3 is 5.97 Å². The van der Waals surface area contributed by atoms with E-state index in [0.29, 0.717) is 19.8 Å². The molecule has 0 aromatic carbocycles. The first-order valence-electron chi connectivity index (χ1n) is 6.18. The number of carbonyl (C=O) groups is 1. The van der Waals surface area contributed by atoms with Crippen LogP contribution in [-0.4, -0.2) is 62.4 Å². The fourth-order valence-electron chi connectivity index (χ4n) is 2.05. The highest BCUT2D eigenvalue weighted by atomic mass is 16.5. The highest BCUT2D eigenvalue weighted by molar-refractivity contribution is 5.76. The molecule has 0 aliphatic carbocycles. The third-order valence-electron chi connectivity index (χ3n) is 2.87. The number of likely N-dealkylation sites (N-methyl/N-ethyl adjacent to an activating group) is 1. The molecule has 1 aliphatic rings. The Labute approximate surface area is 103 Å². The number of hydrogen-bond donors (Lipinski definition) is 1. The minimum Gasteiger partial charge on any atom is -0.465 e. The number of nitrogens with one attached hydrogen (secondary N) is 1. The van der Waals surface area contributed by atoms with Crippen LogP contribution in [0.2, 0.25) is 0 Å². The smallest absolute Gasteiger partial charge is 0.324 e. The van der Waals surface area contributed by atoms with E-state index in [9.17, 15) is 4.79 Å². The monoisotopic (exact) mass is 244 g/mol. The van der Waals surface area contributed by atoms with Crippen LogP contribution in [0.15, 0.2) is 0 Å². The highest BCUT2D eigenvalue weighted by Gasteiger charge is 2.30. The van der Waals surface area contributed by atoms with Gasteiger partial charge in [-0.05, 0) is 27.8 Å². The molecule has 5 heteroatoms. The zero-order valence-corrected chi connectivity index (χ0v) is 11.3. The van der Waals surface area contributed by atoms with E-state index >= 15 is 0 Å². The van der Waals surface area contributed by atoms with Crippen LogP contribution in [0.25, 0.3) is 0 Å². The lowest BCUT2D eigenvalue weighted by atomic mass is 10.1. The van der Waals surface area contributed by atoms with E-state index in [1.54, 1.807) is 7.05 Å². The summed E-state index contributed by atoms with van der Waals surface area (Å²) in [7, 11) is 1.78. The topological polar surface area (TPSA) is 50.8 Å². The van der Waals surface area contributed by atoms with Gasteiger partial charge in [-0.2, -0.15) is 0 Å². The number of rotatable bonds is 5. The van der Waals surface area contributed by atoms with Gasteiger partial charge in [-0.1, -0.05) is 0 Å². The number of nitrogens with zero attached hydrogens (tertiary/aromatic N) is 1. The summed E-state index contributed by atoms with van der Waals surface area (Å²) in [6, 6.07) is -0.260. The van der Waals surface area contributed by atoms with Gasteiger partial charge in [0.15, 0.2) is 0 Å². The van der Waals surface area contributed by atoms with Crippen LogP contribution in [-0.2, 0) is 14.3 Å². The van der Waals surface area contributed by atoms with Crippen LogP contribution in [0.3, 0.4) is 0 Å². The summed E-state index contributed by atoms with van der Waals surface area (Å²) in [5.74, 6) is -0.181. The minimum atomic E-state index is -0.260. The fraction of sp³-hybridized carbons (Fsp3) is 0.917. The van der Waals surface area contributed by atoms with Crippen molar-refractivity contribution in [1.82, 2.24) is 10.2 Å². The van der Waals surface area contributed by atoms with Gasteiger partial charge in [0.1, 0.15) is 6.04 Å². The maximum absolute atomic E-state index is 11.7. The standard InChI is InChI=1S/C12H24N2O3/c1-5-16-11(15)10(13-4)8-14-6-7-17-12(2,3)9-14/h10,13H,5-9H2,1-4H3. The normalized spacial score (nSPS) is 22.1. The Hall–Kier alpha value is -0.650. The van der Waals surface area contributed by atoms with Crippen molar-refractivity contribution in [2.24, 2.45) is 0 Å². The van der Waals surface area contributed by atoms with Crippen molar-refractivity contribution < 1.29 is 14.3 Å². The molecule has 1 saturated heterocycles. The molecule has 1 heterocycles. The first-order chi connectivity index (χ1) is 7.98. The summed E-state index contributed by atoms with van der Waals surface area (Å²) in [4.78, 5) is 13.9. The molecule has 0 amide bonds. The second-order valence-electron chi connectivity index (χ2n) is 4.94. The van der Waals surface area contributed by atoms with E-state index in [4.69, 9.17) is 9.47 Å². The van der Waals surface area contributed by atoms with Gasteiger partial charge < -0.3 is 14.8 Å². The van der Waals surface area contributed by atoms with Crippen molar-refractivity contribution in [2.45, 2.75) is 32.4 Å². The molecule has 1 rings (SSSR count). The Kier molecular flexibility index (Phi) is 5.36. The first kappa shape index (κ1) is 14.4. The van der Waals surface area contributed by atoms with Gasteiger partial charge in [0.05, 0.1) is 18.8 Å². The molecular formula is C12H24N2O3. The number of ether oxygens (including phenoxy) is 2. The van der Waals surface area contributed by atoms with E-state index in [1.165, 1.54) is 0 Å². The van der Waals surface area contributed by atoms with Gasteiger partial charge in [0.2, 0.25) is 0 Å². The van der Waals surface area contributed by atoms with E-state index < -0.39 is 0 Å². The van der Waals surface area contributed by atoms with Gasteiger partial charge in [0.25, 0.3) is 0 Å². The summed E-state index contributed by atoms with van der Waals surface area (Å²) in [5.41, 5.74) is -0.134. The van der Waals surface area contributed by atoms with Gasteiger partial charge in [0, 0.05) is 19.6 Å². The van der Waals surface area contributed by atoms with Crippen LogP contribution in [0.1, 0.15) is 20.8 Å². The molecule has 0 aromatic rings. The predicted octanol–water partition coefficient (Wildman–Crippen LogP) is 0.248. The minimum absolute atomic E-state index is 0.134. The van der Waals surface area contributed by atoms with Crippen LogP contribution in [0.4, 0.5) is 0 Å². The summed E-state index contributed by atoms with van der Waals surface area (Å²) >= 11 is 0. The molecule has 0 bridgehead atoms. The van der Waals surface area contributed by atoms with E-state index in [1.807, 2.05) is 6.92 Å². The molecular weight excluding hydrogens is 220 g/mol. The molecule has 5 nitrogen and oxygen atoms in total. The Morgan fingerprint density at radius 2 is 2.29 bits per heavy atom. The number of morpholine rings is 1. The SMILES string of the molecule is CCOC(=O)C(CN1CCOC(C)(C)C1)NC. The summed E-state index contributed by atoms with van der Waals surface area (Å²) in [5, 5.41) is 3.00. The molecule has 1 atom stereocenters. The van der Waals surface area contributed by atoms with E-state index in [2.05, 4.69) is 24.1 Å². The molecule has 0 aromatic heterocycles. The third-order valence-corrected chi connectivity index (χ3v) is 2.87. The predicted molar refractivity (Wildman–Crippen MR) is 66.0 cm³/mol. The number of esters is 1. The van der Waals surface area contributed by atoms with Crippen molar-refractivity contribution in [3.63, 3.8) is 0 Å². The number of hydrogen-bond acceptors (Lipinski definition) is 5. The average molecular weight is 244 g/mol. The summed E-state index contributed by atoms with van der Waals surface area (Å²) in [6.07, 6.45) is 0. The molecule has 1 N–H and O–H groups in total. The summed E-state index contributed by atoms with van der Waals surface area (Å²) in [6.45, 7) is 9.46. The lowest BCUT2D eigenvalue weighted by Gasteiger charge is -2.39. The van der Waals surface area contributed by atoms with Gasteiger partial charge in [-0.15, -0.1) is 0 Å². The van der Waals surface area contributed by atoms with Gasteiger partial charge in [-0.3, -0.25) is 9.69 Å². The average Bonchev–Trinajstić information content (AvgIpc) is 2.24. The maximum atomic E-state index is 11.7. The molecule has 0 spiro atoms. The molecule has 1 aliphatic heterocycles. The van der Waals surface area contributed by atoms with Crippen molar-refractivity contribution in [2.75, 3.05) is 39.9 Å². The fourth-order valence-corrected chi connectivity index (χ4v) is 2.05. The Morgan fingerprint density at radius 3 is 2.82 bits per heavy atom. The largest absolute Gasteiger partial charge is 0.465 e. The highest BCUT2D eigenvalue weighted by Crippen LogP contribution is 2.16. The Bertz CT molecular complexity index is 256. The zero-order valence-electron chi connectivity index (χ0n) is 11.3. The van der Waals surface area contributed by atoms with Crippen LogP contribution < -0.4 is 5.32 Å². The van der Waals surface area contributed by atoms with Crippen molar-refractivity contribution in [3.8, 4) is 0 Å². The molecule has 0 saturated carbocycles. The molecule has 100 valence electrons. The maximum Gasteiger partial charge on any atom is 0.324 e. The lowest BCUT2D eigenvalue weighted by Crippen LogP contribution is -2.53. The Balaban J connectivity index is 2.47. The van der Waals surface area contributed by atoms with Crippen LogP contribution in [0, 0.1) is 0 Å². The lowest BCUT2D eigenvalue weighted by molar-refractivity contribution is -0.147. The van der Waals surface area contributed by atoms with Crippen LogP contribution in [0.5, 0.6) is 0 Å². The molecule has 17 heavy (non-hydrogen) atoms. The third kappa shape index (κ3) is 4.61. The second kappa shape index (κ2) is 6.33. The zero-order chi connectivity index (χ0) is 12.9.